The maximum Gasteiger partial charge on any atom is 0.242 e. The fraction of sp³-hybridized carbons (Fsp3) is 0.231. The Morgan fingerprint density at radius 2 is 2.05 bits per heavy atom. The van der Waals surface area contributed by atoms with Crippen molar-refractivity contribution in [3.05, 3.63) is 51.2 Å². The van der Waals surface area contributed by atoms with Crippen LogP contribution in [-0.2, 0) is 23.0 Å². The lowest BCUT2D eigenvalue weighted by molar-refractivity contribution is 0.581. The number of nitrogens with two attached hydrogens (primary N) is 1. The summed E-state index contributed by atoms with van der Waals surface area (Å²) in [5.41, 5.74) is 7.36. The van der Waals surface area contributed by atoms with Gasteiger partial charge in [0.25, 0.3) is 0 Å². The Hall–Kier alpha value is -0.920. The summed E-state index contributed by atoms with van der Waals surface area (Å²) in [7, 11) is -3.61. The van der Waals surface area contributed by atoms with Gasteiger partial charge in [0, 0.05) is 13.1 Å². The molecule has 20 heavy (non-hydrogen) atoms. The third kappa shape index (κ3) is 3.80. The van der Waals surface area contributed by atoms with Crippen LogP contribution >= 0.6 is 22.9 Å². The quantitative estimate of drug-likeness (QED) is 0.854. The Morgan fingerprint density at radius 1 is 1.25 bits per heavy atom. The molecule has 1 aromatic heterocycles. The van der Waals surface area contributed by atoms with Crippen LogP contribution in [0.4, 0.5) is 0 Å². The van der Waals surface area contributed by atoms with Crippen LogP contribution in [0.2, 0.25) is 5.02 Å². The van der Waals surface area contributed by atoms with Crippen molar-refractivity contribution >= 4 is 33.0 Å². The van der Waals surface area contributed by atoms with E-state index in [9.17, 15) is 8.42 Å². The first-order valence-corrected chi connectivity index (χ1v) is 8.82. The van der Waals surface area contributed by atoms with Crippen LogP contribution in [0.1, 0.15) is 11.1 Å². The van der Waals surface area contributed by atoms with Crippen LogP contribution in [-0.4, -0.2) is 15.0 Å². The fourth-order valence-corrected chi connectivity index (χ4v) is 4.01. The molecule has 3 N–H and O–H groups in total. The topological polar surface area (TPSA) is 72.2 Å². The predicted octanol–water partition coefficient (Wildman–Crippen LogP) is 2.38. The van der Waals surface area contributed by atoms with Crippen LogP contribution in [0.5, 0.6) is 0 Å². The fourth-order valence-electron chi connectivity index (χ4n) is 1.72. The maximum atomic E-state index is 12.2. The van der Waals surface area contributed by atoms with Gasteiger partial charge in [0.05, 0.1) is 5.02 Å². The van der Waals surface area contributed by atoms with Gasteiger partial charge in [0.15, 0.2) is 0 Å². The molecule has 2 rings (SSSR count). The van der Waals surface area contributed by atoms with E-state index in [-0.39, 0.29) is 16.5 Å². The molecular formula is C13H15ClN2O2S2. The molecule has 1 heterocycles. The SMILES string of the molecule is NCc1ccc(Cl)c(S(=O)(=O)NCCc2ccsc2)c1. The van der Waals surface area contributed by atoms with Crippen molar-refractivity contribution in [2.75, 3.05) is 6.54 Å². The normalized spacial score (nSPS) is 11.7. The Bertz CT molecular complexity index is 670. The molecule has 1 aromatic carbocycles. The van der Waals surface area contributed by atoms with Gasteiger partial charge >= 0.3 is 0 Å². The number of thiophene rings is 1. The van der Waals surface area contributed by atoms with Gasteiger partial charge in [-0.25, -0.2) is 13.1 Å². The molecule has 0 atom stereocenters. The number of sulfonamides is 1. The van der Waals surface area contributed by atoms with Gasteiger partial charge in [0.1, 0.15) is 4.90 Å². The molecule has 0 bridgehead atoms. The second-order valence-corrected chi connectivity index (χ2v) is 7.17. The molecule has 2 aromatic rings. The van der Waals surface area contributed by atoms with Crippen LogP contribution in [0.15, 0.2) is 39.9 Å². The summed E-state index contributed by atoms with van der Waals surface area (Å²) in [4.78, 5) is 0.0763. The van der Waals surface area contributed by atoms with Gasteiger partial charge in [-0.2, -0.15) is 11.3 Å². The highest BCUT2D eigenvalue weighted by molar-refractivity contribution is 7.89. The second-order valence-electron chi connectivity index (χ2n) is 4.25. The molecule has 0 fully saturated rings. The second kappa shape index (κ2) is 6.69. The zero-order valence-electron chi connectivity index (χ0n) is 10.7. The van der Waals surface area contributed by atoms with E-state index in [0.29, 0.717) is 13.0 Å². The molecule has 0 unspecified atom stereocenters. The highest BCUT2D eigenvalue weighted by Gasteiger charge is 2.17. The first-order valence-electron chi connectivity index (χ1n) is 6.02. The summed E-state index contributed by atoms with van der Waals surface area (Å²) < 4.78 is 27.0. The lowest BCUT2D eigenvalue weighted by Crippen LogP contribution is -2.26. The zero-order chi connectivity index (χ0) is 14.6. The zero-order valence-corrected chi connectivity index (χ0v) is 13.1. The average Bonchev–Trinajstić information content (AvgIpc) is 2.92. The van der Waals surface area contributed by atoms with E-state index in [1.807, 2.05) is 16.8 Å². The Morgan fingerprint density at radius 3 is 2.70 bits per heavy atom. The Labute approximate surface area is 127 Å². The first kappa shape index (κ1) is 15.5. The van der Waals surface area contributed by atoms with Gasteiger partial charge in [-0.05, 0) is 46.5 Å². The van der Waals surface area contributed by atoms with Crippen molar-refractivity contribution in [2.24, 2.45) is 5.73 Å². The molecule has 0 aliphatic carbocycles. The van der Waals surface area contributed by atoms with Crippen LogP contribution in [0, 0.1) is 0 Å². The van der Waals surface area contributed by atoms with Crippen molar-refractivity contribution in [2.45, 2.75) is 17.9 Å². The molecule has 0 aliphatic heterocycles. The highest BCUT2D eigenvalue weighted by atomic mass is 35.5. The molecule has 0 radical (unpaired) electrons. The van der Waals surface area contributed by atoms with E-state index < -0.39 is 10.0 Å². The number of halogens is 1. The minimum absolute atomic E-state index is 0.0763. The summed E-state index contributed by atoms with van der Waals surface area (Å²) in [6, 6.07) is 6.75. The molecule has 7 heteroatoms. The van der Waals surface area contributed by atoms with Crippen molar-refractivity contribution in [3.8, 4) is 0 Å². The largest absolute Gasteiger partial charge is 0.326 e. The Balaban J connectivity index is 2.09. The molecular weight excluding hydrogens is 316 g/mol. The predicted molar refractivity (Wildman–Crippen MR) is 82.6 cm³/mol. The molecule has 4 nitrogen and oxygen atoms in total. The molecule has 0 aliphatic rings. The molecule has 0 saturated heterocycles. The van der Waals surface area contributed by atoms with Crippen molar-refractivity contribution < 1.29 is 8.42 Å². The number of hydrogen-bond acceptors (Lipinski definition) is 4. The van der Waals surface area contributed by atoms with E-state index in [2.05, 4.69) is 4.72 Å². The van der Waals surface area contributed by atoms with Crippen molar-refractivity contribution in [1.29, 1.82) is 0 Å². The van der Waals surface area contributed by atoms with Gasteiger partial charge in [-0.3, -0.25) is 0 Å². The van der Waals surface area contributed by atoms with Crippen LogP contribution < -0.4 is 10.5 Å². The minimum Gasteiger partial charge on any atom is -0.326 e. The summed E-state index contributed by atoms with van der Waals surface area (Å²) in [5, 5.41) is 4.16. The number of hydrogen-bond donors (Lipinski definition) is 2. The van der Waals surface area contributed by atoms with Crippen LogP contribution in [0.25, 0.3) is 0 Å². The summed E-state index contributed by atoms with van der Waals surface area (Å²) in [6.45, 7) is 0.608. The number of benzene rings is 1. The van der Waals surface area contributed by atoms with E-state index in [0.717, 1.165) is 11.1 Å². The summed E-state index contributed by atoms with van der Waals surface area (Å²) >= 11 is 7.55. The third-order valence-electron chi connectivity index (χ3n) is 2.81. The van der Waals surface area contributed by atoms with Gasteiger partial charge < -0.3 is 5.73 Å². The van der Waals surface area contributed by atoms with Crippen molar-refractivity contribution in [1.82, 2.24) is 4.72 Å². The van der Waals surface area contributed by atoms with Gasteiger partial charge in [-0.15, -0.1) is 0 Å². The summed E-state index contributed by atoms with van der Waals surface area (Å²) in [5.74, 6) is 0. The number of rotatable bonds is 6. The number of nitrogens with one attached hydrogen (secondary N) is 1. The van der Waals surface area contributed by atoms with E-state index in [4.69, 9.17) is 17.3 Å². The average molecular weight is 331 g/mol. The molecule has 108 valence electrons. The van der Waals surface area contributed by atoms with Crippen molar-refractivity contribution in [3.63, 3.8) is 0 Å². The standard InChI is InChI=1S/C13H15ClN2O2S2/c14-12-2-1-11(8-15)7-13(12)20(17,18)16-5-3-10-4-6-19-9-10/h1-2,4,6-7,9,16H,3,5,8,15H2. The lowest BCUT2D eigenvalue weighted by Gasteiger charge is -2.09. The Kier molecular flexibility index (Phi) is 5.17. The minimum atomic E-state index is -3.61. The maximum absolute atomic E-state index is 12.2. The highest BCUT2D eigenvalue weighted by Crippen LogP contribution is 2.22. The third-order valence-corrected chi connectivity index (χ3v) is 5.48. The van der Waals surface area contributed by atoms with Gasteiger partial charge in [-0.1, -0.05) is 17.7 Å². The van der Waals surface area contributed by atoms with E-state index in [1.54, 1.807) is 23.5 Å². The monoisotopic (exact) mass is 330 g/mol. The lowest BCUT2D eigenvalue weighted by atomic mass is 10.2. The molecule has 0 spiro atoms. The first-order chi connectivity index (χ1) is 9.53. The summed E-state index contributed by atoms with van der Waals surface area (Å²) in [6.07, 6.45) is 0.650. The van der Waals surface area contributed by atoms with E-state index in [1.165, 1.54) is 6.07 Å². The van der Waals surface area contributed by atoms with Gasteiger partial charge in [0.2, 0.25) is 10.0 Å². The van der Waals surface area contributed by atoms with E-state index >= 15 is 0 Å². The van der Waals surface area contributed by atoms with Crippen LogP contribution in [0.3, 0.4) is 0 Å². The molecule has 0 saturated carbocycles. The molecule has 0 amide bonds. The smallest absolute Gasteiger partial charge is 0.242 e.